The van der Waals surface area contributed by atoms with Crippen molar-refractivity contribution in [3.05, 3.63) is 42.0 Å². The molecule has 14 heavy (non-hydrogen) atoms. The van der Waals surface area contributed by atoms with E-state index in [9.17, 15) is 4.21 Å². The van der Waals surface area contributed by atoms with Crippen LogP contribution in [0, 0.1) is 6.92 Å². The molecule has 0 heterocycles. The molecule has 2 rings (SSSR count). The van der Waals surface area contributed by atoms with Crippen molar-refractivity contribution in [1.29, 1.82) is 0 Å². The van der Waals surface area contributed by atoms with Crippen LogP contribution in [-0.2, 0) is 10.8 Å². The Bertz CT molecular complexity index is 503. The molecule has 1 nitrogen and oxygen atoms in total. The van der Waals surface area contributed by atoms with Crippen molar-refractivity contribution in [2.75, 3.05) is 6.26 Å². The minimum absolute atomic E-state index is 0.892. The Morgan fingerprint density at radius 3 is 2.64 bits per heavy atom. The highest BCUT2D eigenvalue weighted by Crippen LogP contribution is 2.20. The van der Waals surface area contributed by atoms with Gasteiger partial charge in [-0.2, -0.15) is 0 Å². The van der Waals surface area contributed by atoms with Crippen LogP contribution in [0.3, 0.4) is 0 Å². The summed E-state index contributed by atoms with van der Waals surface area (Å²) in [6.45, 7) is 2.09. The Labute approximate surface area is 86.2 Å². The number of benzene rings is 2. The van der Waals surface area contributed by atoms with Gasteiger partial charge in [0.25, 0.3) is 0 Å². The summed E-state index contributed by atoms with van der Waals surface area (Å²) in [5.41, 5.74) is 1.26. The Morgan fingerprint density at radius 2 is 1.93 bits per heavy atom. The van der Waals surface area contributed by atoms with Gasteiger partial charge in [-0.1, -0.05) is 24.3 Å². The number of aryl methyl sites for hydroxylation is 1. The number of hydrogen-bond donors (Lipinski definition) is 0. The average Bonchev–Trinajstić information content (AvgIpc) is 2.17. The van der Waals surface area contributed by atoms with Crippen molar-refractivity contribution in [2.45, 2.75) is 11.8 Å². The Kier molecular flexibility index (Phi) is 2.38. The molecule has 0 saturated heterocycles. The van der Waals surface area contributed by atoms with Crippen LogP contribution in [0.4, 0.5) is 0 Å². The molecule has 2 aromatic rings. The molecule has 0 radical (unpaired) electrons. The maximum absolute atomic E-state index is 11.3. The van der Waals surface area contributed by atoms with Gasteiger partial charge in [-0.25, -0.2) is 0 Å². The summed E-state index contributed by atoms with van der Waals surface area (Å²) in [4.78, 5) is 0.892. The molecule has 0 aliphatic heterocycles. The van der Waals surface area contributed by atoms with Gasteiger partial charge in [0, 0.05) is 22.0 Å². The van der Waals surface area contributed by atoms with Gasteiger partial charge in [0.1, 0.15) is 0 Å². The highest BCUT2D eigenvalue weighted by atomic mass is 32.2. The van der Waals surface area contributed by atoms with Crippen LogP contribution in [-0.4, -0.2) is 10.5 Å². The van der Waals surface area contributed by atoms with Gasteiger partial charge in [-0.3, -0.25) is 4.21 Å². The summed E-state index contributed by atoms with van der Waals surface area (Å²) in [6, 6.07) is 12.1. The van der Waals surface area contributed by atoms with Crippen LogP contribution in [0.5, 0.6) is 0 Å². The third-order valence-electron chi connectivity index (χ3n) is 2.40. The second-order valence-corrected chi connectivity index (χ2v) is 4.79. The molecule has 0 aliphatic carbocycles. The highest BCUT2D eigenvalue weighted by molar-refractivity contribution is 7.84. The van der Waals surface area contributed by atoms with Gasteiger partial charge in [0.05, 0.1) is 0 Å². The lowest BCUT2D eigenvalue weighted by Crippen LogP contribution is -1.87. The maximum atomic E-state index is 11.3. The molecule has 0 N–H and O–H groups in total. The van der Waals surface area contributed by atoms with E-state index in [0.29, 0.717) is 0 Å². The summed E-state index contributed by atoms with van der Waals surface area (Å²) < 4.78 is 11.3. The molecule has 1 atom stereocenters. The average molecular weight is 204 g/mol. The van der Waals surface area contributed by atoms with Crippen molar-refractivity contribution in [3.8, 4) is 0 Å². The lowest BCUT2D eigenvalue weighted by atomic mass is 10.1. The van der Waals surface area contributed by atoms with Crippen LogP contribution in [0.2, 0.25) is 0 Å². The van der Waals surface area contributed by atoms with Crippen LogP contribution in [0.25, 0.3) is 10.8 Å². The molecule has 0 aliphatic rings. The minimum Gasteiger partial charge on any atom is -0.255 e. The fourth-order valence-electron chi connectivity index (χ4n) is 1.60. The summed E-state index contributed by atoms with van der Waals surface area (Å²) in [5.74, 6) is 0. The van der Waals surface area contributed by atoms with Crippen molar-refractivity contribution in [2.24, 2.45) is 0 Å². The van der Waals surface area contributed by atoms with Crippen molar-refractivity contribution < 1.29 is 4.21 Å². The van der Waals surface area contributed by atoms with E-state index < -0.39 is 10.8 Å². The first kappa shape index (κ1) is 9.41. The predicted octanol–water partition coefficient (Wildman–Crippen LogP) is 2.89. The van der Waals surface area contributed by atoms with E-state index in [1.165, 1.54) is 10.9 Å². The second-order valence-electron chi connectivity index (χ2n) is 3.41. The van der Waals surface area contributed by atoms with Gasteiger partial charge in [-0.05, 0) is 35.4 Å². The zero-order chi connectivity index (χ0) is 10.1. The summed E-state index contributed by atoms with van der Waals surface area (Å²) in [5, 5.41) is 2.40. The molecular formula is C12H12OS. The smallest absolute Gasteiger partial charge is 0.0498 e. The molecular weight excluding hydrogens is 192 g/mol. The van der Waals surface area contributed by atoms with Crippen LogP contribution < -0.4 is 0 Å². The topological polar surface area (TPSA) is 17.1 Å². The standard InChI is InChI=1S/C12H12OS/c1-9-4-3-5-10-8-11(14(2)13)6-7-12(9)10/h3-8H,1-2H3. The summed E-state index contributed by atoms with van der Waals surface area (Å²) in [7, 11) is -0.892. The summed E-state index contributed by atoms with van der Waals surface area (Å²) in [6.07, 6.45) is 1.71. The SMILES string of the molecule is Cc1cccc2cc(S(C)=O)ccc12. The van der Waals surface area contributed by atoms with E-state index in [-0.39, 0.29) is 0 Å². The molecule has 0 fully saturated rings. The molecule has 0 saturated carbocycles. The Hall–Kier alpha value is -1.15. The van der Waals surface area contributed by atoms with Crippen LogP contribution >= 0.6 is 0 Å². The number of fused-ring (bicyclic) bond motifs is 1. The first-order valence-electron chi connectivity index (χ1n) is 4.51. The predicted molar refractivity (Wildman–Crippen MR) is 61.0 cm³/mol. The molecule has 0 aromatic heterocycles. The maximum Gasteiger partial charge on any atom is 0.0498 e. The normalized spacial score (nSPS) is 13.0. The van der Waals surface area contributed by atoms with Gasteiger partial charge >= 0.3 is 0 Å². The van der Waals surface area contributed by atoms with Gasteiger partial charge in [0.2, 0.25) is 0 Å². The summed E-state index contributed by atoms with van der Waals surface area (Å²) >= 11 is 0. The lowest BCUT2D eigenvalue weighted by Gasteiger charge is -2.03. The van der Waals surface area contributed by atoms with Crippen molar-refractivity contribution >= 4 is 21.6 Å². The lowest BCUT2D eigenvalue weighted by molar-refractivity contribution is 0.687. The van der Waals surface area contributed by atoms with Gasteiger partial charge in [0.15, 0.2) is 0 Å². The van der Waals surface area contributed by atoms with Gasteiger partial charge in [-0.15, -0.1) is 0 Å². The molecule has 0 spiro atoms. The second kappa shape index (κ2) is 3.54. The van der Waals surface area contributed by atoms with E-state index in [1.54, 1.807) is 6.26 Å². The van der Waals surface area contributed by atoms with Crippen LogP contribution in [0.15, 0.2) is 41.3 Å². The molecule has 2 aromatic carbocycles. The molecule has 2 heteroatoms. The highest BCUT2D eigenvalue weighted by Gasteiger charge is 2.00. The van der Waals surface area contributed by atoms with E-state index in [2.05, 4.69) is 19.1 Å². The molecule has 72 valence electrons. The minimum atomic E-state index is -0.892. The largest absolute Gasteiger partial charge is 0.255 e. The van der Waals surface area contributed by atoms with E-state index in [1.807, 2.05) is 24.3 Å². The van der Waals surface area contributed by atoms with Gasteiger partial charge < -0.3 is 0 Å². The van der Waals surface area contributed by atoms with E-state index in [4.69, 9.17) is 0 Å². The number of hydrogen-bond acceptors (Lipinski definition) is 1. The van der Waals surface area contributed by atoms with E-state index in [0.717, 1.165) is 10.3 Å². The quantitative estimate of drug-likeness (QED) is 0.698. The first-order chi connectivity index (χ1) is 6.68. The number of rotatable bonds is 1. The monoisotopic (exact) mass is 204 g/mol. The van der Waals surface area contributed by atoms with Crippen LogP contribution in [0.1, 0.15) is 5.56 Å². The first-order valence-corrected chi connectivity index (χ1v) is 6.07. The zero-order valence-electron chi connectivity index (χ0n) is 8.28. The van der Waals surface area contributed by atoms with Crippen molar-refractivity contribution in [1.82, 2.24) is 0 Å². The Balaban J connectivity index is 2.73. The zero-order valence-corrected chi connectivity index (χ0v) is 9.10. The Morgan fingerprint density at radius 1 is 1.14 bits per heavy atom. The third-order valence-corrected chi connectivity index (χ3v) is 3.32. The fraction of sp³-hybridized carbons (Fsp3) is 0.167. The molecule has 0 amide bonds. The fourth-order valence-corrected chi connectivity index (χ4v) is 2.16. The molecule has 0 bridgehead atoms. The van der Waals surface area contributed by atoms with E-state index >= 15 is 0 Å². The van der Waals surface area contributed by atoms with Crippen molar-refractivity contribution in [3.63, 3.8) is 0 Å². The molecule has 1 unspecified atom stereocenters. The third kappa shape index (κ3) is 1.58.